The van der Waals surface area contributed by atoms with Gasteiger partial charge in [-0.25, -0.2) is 13.6 Å². The first kappa shape index (κ1) is 21.1. The number of unbranched alkanes of at least 4 members (excludes halogenated alkanes) is 2. The van der Waals surface area contributed by atoms with Crippen LogP contribution < -0.4 is 10.5 Å². The van der Waals surface area contributed by atoms with E-state index in [-0.39, 0.29) is 11.4 Å². The fraction of sp³-hybridized carbons (Fsp3) is 0.529. The van der Waals surface area contributed by atoms with Gasteiger partial charge >= 0.3 is 11.8 Å². The lowest BCUT2D eigenvalue weighted by Gasteiger charge is -2.21. The van der Waals surface area contributed by atoms with Crippen LogP contribution in [0, 0.1) is 0 Å². The molecule has 0 heterocycles. The monoisotopic (exact) mass is 369 g/mol. The van der Waals surface area contributed by atoms with Gasteiger partial charge in [-0.2, -0.15) is 0 Å². The van der Waals surface area contributed by atoms with E-state index in [4.69, 9.17) is 5.14 Å². The van der Waals surface area contributed by atoms with Gasteiger partial charge in [0.1, 0.15) is 0 Å². The van der Waals surface area contributed by atoms with Crippen molar-refractivity contribution in [1.82, 2.24) is 10.2 Å². The number of amides is 2. The lowest BCUT2D eigenvalue weighted by molar-refractivity contribution is -0.146. The number of rotatable bonds is 9. The lowest BCUT2D eigenvalue weighted by Crippen LogP contribution is -2.43. The molecule has 140 valence electrons. The molecule has 0 radical (unpaired) electrons. The van der Waals surface area contributed by atoms with Crippen LogP contribution in [0.3, 0.4) is 0 Å². The number of primary sulfonamides is 1. The van der Waals surface area contributed by atoms with Crippen molar-refractivity contribution in [2.75, 3.05) is 13.1 Å². The van der Waals surface area contributed by atoms with E-state index in [2.05, 4.69) is 5.32 Å². The second-order valence-corrected chi connectivity index (χ2v) is 7.43. The molecule has 8 heteroatoms. The minimum absolute atomic E-state index is 0.00367. The molecule has 25 heavy (non-hydrogen) atoms. The van der Waals surface area contributed by atoms with Crippen LogP contribution in [-0.4, -0.2) is 38.2 Å². The van der Waals surface area contributed by atoms with Crippen molar-refractivity contribution < 1.29 is 18.0 Å². The standard InChI is InChI=1S/C17H27N3O4S/c1-3-5-11-20(12-6-4-2)17(22)16(21)19-13-14-7-9-15(10-8-14)25(18,23)24/h7-10H,3-6,11-13H2,1-2H3,(H,19,21)(H2,18,23,24). The van der Waals surface area contributed by atoms with Crippen molar-refractivity contribution in [3.05, 3.63) is 29.8 Å². The van der Waals surface area contributed by atoms with Crippen LogP contribution in [0.5, 0.6) is 0 Å². The van der Waals surface area contributed by atoms with Crippen molar-refractivity contribution in [3.63, 3.8) is 0 Å². The maximum absolute atomic E-state index is 12.3. The molecule has 0 saturated heterocycles. The summed E-state index contributed by atoms with van der Waals surface area (Å²) >= 11 is 0. The zero-order chi connectivity index (χ0) is 18.9. The number of nitrogens with two attached hydrogens (primary N) is 1. The molecule has 0 bridgehead atoms. The molecule has 0 aliphatic heterocycles. The summed E-state index contributed by atoms with van der Waals surface area (Å²) in [6.45, 7) is 5.37. The molecule has 2 amide bonds. The highest BCUT2D eigenvalue weighted by Gasteiger charge is 2.20. The first-order valence-corrected chi connectivity index (χ1v) is 10.0. The third kappa shape index (κ3) is 7.23. The van der Waals surface area contributed by atoms with Crippen LogP contribution in [0.15, 0.2) is 29.2 Å². The molecule has 3 N–H and O–H groups in total. The number of hydrogen-bond acceptors (Lipinski definition) is 4. The predicted octanol–water partition coefficient (Wildman–Crippen LogP) is 1.38. The average molecular weight is 369 g/mol. The Hall–Kier alpha value is -1.93. The van der Waals surface area contributed by atoms with Crippen molar-refractivity contribution in [2.45, 2.75) is 51.0 Å². The maximum Gasteiger partial charge on any atom is 0.311 e. The van der Waals surface area contributed by atoms with Gasteiger partial charge in [0.2, 0.25) is 10.0 Å². The van der Waals surface area contributed by atoms with Crippen molar-refractivity contribution in [1.29, 1.82) is 0 Å². The van der Waals surface area contributed by atoms with Crippen LogP contribution in [0.4, 0.5) is 0 Å². The zero-order valence-electron chi connectivity index (χ0n) is 14.8. The Labute approximate surface area is 149 Å². The van der Waals surface area contributed by atoms with Crippen LogP contribution in [-0.2, 0) is 26.2 Å². The van der Waals surface area contributed by atoms with E-state index in [1.165, 1.54) is 12.1 Å². The molecular formula is C17H27N3O4S. The first-order chi connectivity index (χ1) is 11.8. The molecule has 0 aliphatic carbocycles. The Kier molecular flexibility index (Phi) is 8.57. The number of carbonyl (C=O) groups excluding carboxylic acids is 2. The molecule has 0 spiro atoms. The molecule has 0 atom stereocenters. The fourth-order valence-electron chi connectivity index (χ4n) is 2.21. The van der Waals surface area contributed by atoms with Gasteiger partial charge in [-0.3, -0.25) is 9.59 Å². The number of nitrogens with one attached hydrogen (secondary N) is 1. The molecule has 7 nitrogen and oxygen atoms in total. The summed E-state index contributed by atoms with van der Waals surface area (Å²) in [7, 11) is -3.74. The van der Waals surface area contributed by atoms with Crippen molar-refractivity contribution in [2.24, 2.45) is 5.14 Å². The van der Waals surface area contributed by atoms with Crippen LogP contribution in [0.2, 0.25) is 0 Å². The quantitative estimate of drug-likeness (QED) is 0.641. The Morgan fingerprint density at radius 1 is 1.04 bits per heavy atom. The summed E-state index contributed by atoms with van der Waals surface area (Å²) in [6.07, 6.45) is 3.62. The van der Waals surface area contributed by atoms with Crippen molar-refractivity contribution in [3.8, 4) is 0 Å². The summed E-state index contributed by atoms with van der Waals surface area (Å²) in [6, 6.07) is 5.84. The lowest BCUT2D eigenvalue weighted by atomic mass is 10.2. The predicted molar refractivity (Wildman–Crippen MR) is 96.1 cm³/mol. The largest absolute Gasteiger partial charge is 0.344 e. The van der Waals surface area contributed by atoms with E-state index in [0.717, 1.165) is 25.7 Å². The summed E-state index contributed by atoms with van der Waals surface area (Å²) in [5.74, 6) is -1.18. The fourth-order valence-corrected chi connectivity index (χ4v) is 2.73. The number of benzene rings is 1. The highest BCUT2D eigenvalue weighted by Crippen LogP contribution is 2.08. The summed E-state index contributed by atoms with van der Waals surface area (Å²) in [5, 5.41) is 7.61. The van der Waals surface area contributed by atoms with E-state index in [1.807, 2.05) is 13.8 Å². The third-order valence-corrected chi connectivity index (χ3v) is 4.68. The smallest absolute Gasteiger partial charge is 0.311 e. The molecule has 1 aromatic carbocycles. The zero-order valence-corrected chi connectivity index (χ0v) is 15.6. The number of hydrogen-bond donors (Lipinski definition) is 2. The van der Waals surface area contributed by atoms with Gasteiger partial charge in [-0.05, 0) is 30.5 Å². The highest BCUT2D eigenvalue weighted by atomic mass is 32.2. The van der Waals surface area contributed by atoms with Gasteiger partial charge in [-0.15, -0.1) is 0 Å². The molecule has 0 saturated carbocycles. The second-order valence-electron chi connectivity index (χ2n) is 5.87. The minimum Gasteiger partial charge on any atom is -0.344 e. The SMILES string of the molecule is CCCCN(CCCC)C(=O)C(=O)NCc1ccc(S(N)(=O)=O)cc1. The van der Waals surface area contributed by atoms with Crippen LogP contribution >= 0.6 is 0 Å². The van der Waals surface area contributed by atoms with Gasteiger partial charge in [0.15, 0.2) is 0 Å². The maximum atomic E-state index is 12.3. The van der Waals surface area contributed by atoms with E-state index in [1.54, 1.807) is 17.0 Å². The van der Waals surface area contributed by atoms with E-state index in [9.17, 15) is 18.0 Å². The van der Waals surface area contributed by atoms with Gasteiger partial charge in [-0.1, -0.05) is 38.8 Å². The molecule has 0 fully saturated rings. The minimum atomic E-state index is -3.74. The average Bonchev–Trinajstić information content (AvgIpc) is 2.59. The summed E-state index contributed by atoms with van der Waals surface area (Å²) < 4.78 is 22.4. The van der Waals surface area contributed by atoms with Gasteiger partial charge in [0.05, 0.1) is 4.90 Å². The number of carbonyl (C=O) groups is 2. The van der Waals surface area contributed by atoms with Gasteiger partial charge < -0.3 is 10.2 Å². The van der Waals surface area contributed by atoms with Crippen LogP contribution in [0.1, 0.15) is 45.1 Å². The highest BCUT2D eigenvalue weighted by molar-refractivity contribution is 7.89. The Morgan fingerprint density at radius 2 is 1.56 bits per heavy atom. The van der Waals surface area contributed by atoms with Gasteiger partial charge in [0, 0.05) is 19.6 Å². The number of sulfonamides is 1. The third-order valence-electron chi connectivity index (χ3n) is 3.75. The second kappa shape index (κ2) is 10.1. The molecule has 1 aromatic rings. The molecule has 0 unspecified atom stereocenters. The van der Waals surface area contributed by atoms with E-state index < -0.39 is 21.8 Å². The van der Waals surface area contributed by atoms with Gasteiger partial charge in [0.25, 0.3) is 0 Å². The number of nitrogens with zero attached hydrogens (tertiary/aromatic N) is 1. The first-order valence-electron chi connectivity index (χ1n) is 8.48. The summed E-state index contributed by atoms with van der Waals surface area (Å²) in [5.41, 5.74) is 0.683. The molecule has 0 aromatic heterocycles. The molecule has 0 aliphatic rings. The van der Waals surface area contributed by atoms with E-state index in [0.29, 0.717) is 18.7 Å². The Morgan fingerprint density at radius 3 is 2.00 bits per heavy atom. The van der Waals surface area contributed by atoms with E-state index >= 15 is 0 Å². The Balaban J connectivity index is 2.62. The Bertz CT molecular complexity index is 664. The molecular weight excluding hydrogens is 342 g/mol. The molecule has 1 rings (SSSR count). The van der Waals surface area contributed by atoms with Crippen molar-refractivity contribution >= 4 is 21.8 Å². The summed E-state index contributed by atoms with van der Waals surface area (Å²) in [4.78, 5) is 26.0. The normalized spacial score (nSPS) is 11.2. The van der Waals surface area contributed by atoms with Crippen LogP contribution in [0.25, 0.3) is 0 Å². The topological polar surface area (TPSA) is 110 Å².